The summed E-state index contributed by atoms with van der Waals surface area (Å²) in [7, 11) is -1.63. The zero-order chi connectivity index (χ0) is 21.9. The Morgan fingerprint density at radius 2 is 2.03 bits per heavy atom. The summed E-state index contributed by atoms with van der Waals surface area (Å²) >= 11 is 0. The topological polar surface area (TPSA) is 103 Å². The van der Waals surface area contributed by atoms with E-state index in [1.54, 1.807) is 17.0 Å². The van der Waals surface area contributed by atoms with Crippen LogP contribution in [0.2, 0.25) is 0 Å². The zero-order valence-electron chi connectivity index (χ0n) is 17.4. The maximum Gasteiger partial charge on any atom is 0.375 e. The SMILES string of the molecule is CCC(C)N(C(=O)COC(=O)c1oc2ccccc2c1COC)C1CCS(=O)(=O)C1. The molecule has 3 rings (SSSR count). The van der Waals surface area contributed by atoms with E-state index in [0.29, 0.717) is 24.0 Å². The number of carbonyl (C=O) groups excluding carboxylic acids is 2. The number of nitrogens with zero attached hydrogens (tertiary/aromatic N) is 1. The molecule has 2 aromatic rings. The van der Waals surface area contributed by atoms with Crippen molar-refractivity contribution in [1.29, 1.82) is 0 Å². The van der Waals surface area contributed by atoms with Gasteiger partial charge in [0.05, 0.1) is 18.1 Å². The fourth-order valence-electron chi connectivity index (χ4n) is 3.82. The van der Waals surface area contributed by atoms with Crippen LogP contribution in [0.15, 0.2) is 28.7 Å². The van der Waals surface area contributed by atoms with Gasteiger partial charge in [-0.3, -0.25) is 4.79 Å². The van der Waals surface area contributed by atoms with Gasteiger partial charge in [-0.25, -0.2) is 13.2 Å². The van der Waals surface area contributed by atoms with E-state index in [1.165, 1.54) is 7.11 Å². The first-order valence-electron chi connectivity index (χ1n) is 9.95. The maximum atomic E-state index is 12.9. The van der Waals surface area contributed by atoms with Crippen molar-refractivity contribution >= 4 is 32.7 Å². The van der Waals surface area contributed by atoms with E-state index in [0.717, 1.165) is 5.39 Å². The molecule has 0 spiro atoms. The highest BCUT2D eigenvalue weighted by Crippen LogP contribution is 2.27. The Bertz CT molecular complexity index is 1030. The third-order valence-electron chi connectivity index (χ3n) is 5.45. The van der Waals surface area contributed by atoms with Crippen LogP contribution in [0.3, 0.4) is 0 Å². The van der Waals surface area contributed by atoms with Gasteiger partial charge in [0.2, 0.25) is 5.76 Å². The van der Waals surface area contributed by atoms with Crippen LogP contribution in [0.25, 0.3) is 11.0 Å². The molecule has 2 atom stereocenters. The third-order valence-corrected chi connectivity index (χ3v) is 7.20. The van der Waals surface area contributed by atoms with E-state index in [1.807, 2.05) is 26.0 Å². The van der Waals surface area contributed by atoms with Crippen molar-refractivity contribution in [3.63, 3.8) is 0 Å². The summed E-state index contributed by atoms with van der Waals surface area (Å²) in [6.45, 7) is 3.46. The molecule has 0 aliphatic carbocycles. The van der Waals surface area contributed by atoms with Gasteiger partial charge in [0.1, 0.15) is 5.58 Å². The van der Waals surface area contributed by atoms with E-state index in [4.69, 9.17) is 13.9 Å². The second kappa shape index (κ2) is 9.18. The molecule has 0 radical (unpaired) electrons. The first-order valence-corrected chi connectivity index (χ1v) is 11.8. The molecule has 2 unspecified atom stereocenters. The van der Waals surface area contributed by atoms with Crippen molar-refractivity contribution in [3.8, 4) is 0 Å². The van der Waals surface area contributed by atoms with E-state index in [9.17, 15) is 18.0 Å². The van der Waals surface area contributed by atoms with Gasteiger partial charge in [-0.15, -0.1) is 0 Å². The first kappa shape index (κ1) is 22.3. The lowest BCUT2D eigenvalue weighted by Crippen LogP contribution is -2.48. The van der Waals surface area contributed by atoms with Gasteiger partial charge < -0.3 is 18.8 Å². The van der Waals surface area contributed by atoms with Crippen molar-refractivity contribution in [3.05, 3.63) is 35.6 Å². The molecule has 1 aromatic heterocycles. The quantitative estimate of drug-likeness (QED) is 0.585. The maximum absolute atomic E-state index is 12.9. The number of furan rings is 1. The van der Waals surface area contributed by atoms with Crippen LogP contribution in [-0.4, -0.2) is 62.5 Å². The van der Waals surface area contributed by atoms with Crippen LogP contribution in [-0.2, 0) is 30.7 Å². The second-order valence-corrected chi connectivity index (χ2v) is 9.76. The number of esters is 1. The Hall–Kier alpha value is -2.39. The van der Waals surface area contributed by atoms with Gasteiger partial charge in [0.25, 0.3) is 5.91 Å². The summed E-state index contributed by atoms with van der Waals surface area (Å²) in [5, 5.41) is 0.745. The Kier molecular flexibility index (Phi) is 6.82. The largest absolute Gasteiger partial charge is 0.450 e. The Morgan fingerprint density at radius 3 is 2.67 bits per heavy atom. The lowest BCUT2D eigenvalue weighted by atomic mass is 10.1. The van der Waals surface area contributed by atoms with Crippen molar-refractivity contribution in [2.45, 2.75) is 45.4 Å². The number of methoxy groups -OCH3 is 1. The second-order valence-electron chi connectivity index (χ2n) is 7.53. The molecule has 1 aromatic carbocycles. The van der Waals surface area contributed by atoms with Crippen molar-refractivity contribution in [2.24, 2.45) is 0 Å². The highest BCUT2D eigenvalue weighted by Gasteiger charge is 2.37. The molecule has 1 aliphatic rings. The molecule has 1 saturated heterocycles. The summed E-state index contributed by atoms with van der Waals surface area (Å²) in [6.07, 6.45) is 1.06. The summed E-state index contributed by atoms with van der Waals surface area (Å²) in [4.78, 5) is 27.1. The normalized spacial score (nSPS) is 19.0. The lowest BCUT2D eigenvalue weighted by Gasteiger charge is -2.33. The van der Waals surface area contributed by atoms with E-state index in [-0.39, 0.29) is 29.9 Å². The number of para-hydroxylation sites is 1. The van der Waals surface area contributed by atoms with E-state index >= 15 is 0 Å². The minimum Gasteiger partial charge on any atom is -0.450 e. The summed E-state index contributed by atoms with van der Waals surface area (Å²) in [5.41, 5.74) is 1.09. The van der Waals surface area contributed by atoms with Crippen LogP contribution in [0.1, 0.15) is 42.8 Å². The Labute approximate surface area is 176 Å². The average molecular weight is 438 g/mol. The Morgan fingerprint density at radius 1 is 1.30 bits per heavy atom. The summed E-state index contributed by atoms with van der Waals surface area (Å²) in [5.74, 6) is -1.15. The Balaban J connectivity index is 1.75. The third kappa shape index (κ3) is 4.67. The number of amides is 1. The summed E-state index contributed by atoms with van der Waals surface area (Å²) in [6, 6.07) is 6.62. The van der Waals surface area contributed by atoms with Crippen molar-refractivity contribution in [2.75, 3.05) is 25.2 Å². The molecule has 1 amide bonds. The molecule has 0 bridgehead atoms. The number of benzene rings is 1. The summed E-state index contributed by atoms with van der Waals surface area (Å²) < 4.78 is 39.8. The lowest BCUT2D eigenvalue weighted by molar-refractivity contribution is -0.138. The number of hydrogen-bond acceptors (Lipinski definition) is 7. The zero-order valence-corrected chi connectivity index (χ0v) is 18.2. The molecule has 9 heteroatoms. The molecule has 30 heavy (non-hydrogen) atoms. The molecule has 1 aliphatic heterocycles. The molecule has 1 fully saturated rings. The minimum atomic E-state index is -3.15. The number of rotatable bonds is 8. The average Bonchev–Trinajstić information content (AvgIpc) is 3.26. The van der Waals surface area contributed by atoms with Gasteiger partial charge in [-0.1, -0.05) is 25.1 Å². The number of fused-ring (bicyclic) bond motifs is 1. The molecular formula is C21H27NO7S. The first-order chi connectivity index (χ1) is 14.3. The monoisotopic (exact) mass is 437 g/mol. The molecule has 0 saturated carbocycles. The number of hydrogen-bond donors (Lipinski definition) is 0. The number of ether oxygens (including phenoxy) is 2. The standard InChI is InChI=1S/C21H27NO7S/c1-4-14(2)22(15-9-10-30(25,26)13-15)19(23)12-28-21(24)20-17(11-27-3)16-7-5-6-8-18(16)29-20/h5-8,14-15H,4,9-13H2,1-3H3. The smallest absolute Gasteiger partial charge is 0.375 e. The van der Waals surface area contributed by atoms with Gasteiger partial charge >= 0.3 is 5.97 Å². The molecular weight excluding hydrogens is 410 g/mol. The van der Waals surface area contributed by atoms with Crippen LogP contribution < -0.4 is 0 Å². The molecule has 164 valence electrons. The van der Waals surface area contributed by atoms with Crippen LogP contribution in [0, 0.1) is 0 Å². The van der Waals surface area contributed by atoms with Crippen LogP contribution in [0.4, 0.5) is 0 Å². The molecule has 2 heterocycles. The van der Waals surface area contributed by atoms with Crippen molar-refractivity contribution < 1.29 is 31.9 Å². The fourth-order valence-corrected chi connectivity index (χ4v) is 5.53. The molecule has 0 N–H and O–H groups in total. The number of sulfone groups is 1. The highest BCUT2D eigenvalue weighted by molar-refractivity contribution is 7.91. The van der Waals surface area contributed by atoms with Gasteiger partial charge in [0, 0.05) is 30.1 Å². The van der Waals surface area contributed by atoms with Crippen molar-refractivity contribution in [1.82, 2.24) is 4.90 Å². The van der Waals surface area contributed by atoms with Crippen LogP contribution >= 0.6 is 0 Å². The predicted octanol–water partition coefficient (Wildman–Crippen LogP) is 2.55. The fraction of sp³-hybridized carbons (Fsp3) is 0.524. The predicted molar refractivity (Wildman–Crippen MR) is 111 cm³/mol. The molecule has 8 nitrogen and oxygen atoms in total. The van der Waals surface area contributed by atoms with E-state index < -0.39 is 34.4 Å². The van der Waals surface area contributed by atoms with Gasteiger partial charge in [-0.2, -0.15) is 0 Å². The van der Waals surface area contributed by atoms with Crippen LogP contribution in [0.5, 0.6) is 0 Å². The van der Waals surface area contributed by atoms with Gasteiger partial charge in [-0.05, 0) is 25.8 Å². The number of carbonyl (C=O) groups is 2. The van der Waals surface area contributed by atoms with Gasteiger partial charge in [0.15, 0.2) is 16.4 Å². The highest BCUT2D eigenvalue weighted by atomic mass is 32.2. The van der Waals surface area contributed by atoms with E-state index in [2.05, 4.69) is 0 Å². The minimum absolute atomic E-state index is 0.00406.